The van der Waals surface area contributed by atoms with Crippen molar-refractivity contribution in [1.82, 2.24) is 19.9 Å². The number of fused-ring (bicyclic) bond motifs is 1. The number of hydrogen-bond acceptors (Lipinski definition) is 6. The second-order valence-electron chi connectivity index (χ2n) is 8.98. The average molecular weight is 572 g/mol. The summed E-state index contributed by atoms with van der Waals surface area (Å²) in [5.74, 6) is -1.24. The predicted molar refractivity (Wildman–Crippen MR) is 149 cm³/mol. The van der Waals surface area contributed by atoms with E-state index in [1.54, 1.807) is 37.4 Å². The molecule has 0 fully saturated rings. The van der Waals surface area contributed by atoms with E-state index in [0.717, 1.165) is 18.2 Å². The van der Waals surface area contributed by atoms with E-state index >= 15 is 0 Å². The summed E-state index contributed by atoms with van der Waals surface area (Å²) in [6.45, 7) is 6.06. The molecule has 9 nitrogen and oxygen atoms in total. The largest absolute Gasteiger partial charge is 0.356 e. The lowest BCUT2D eigenvalue weighted by atomic mass is 10.0. The Hall–Kier alpha value is -3.83. The molecule has 2 N–H and O–H groups in total. The van der Waals surface area contributed by atoms with Gasteiger partial charge < -0.3 is 5.32 Å². The number of carbonyl (C=O) groups is 1. The Balaban J connectivity index is 1.71. The maximum atomic E-state index is 13.5. The minimum atomic E-state index is -4.15. The van der Waals surface area contributed by atoms with Crippen LogP contribution in [0.3, 0.4) is 0 Å². The summed E-state index contributed by atoms with van der Waals surface area (Å²) in [5.41, 5.74) is 2.08. The van der Waals surface area contributed by atoms with Crippen molar-refractivity contribution in [2.75, 3.05) is 11.3 Å². The number of carbonyl (C=O) groups excluding carboxylic acids is 1. The van der Waals surface area contributed by atoms with Gasteiger partial charge in [0.2, 0.25) is 5.91 Å². The SMILES string of the molecule is CCNC(=O)C(C)Cn1cnc2ccc(-c3cnc(CC)c(NS(=O)(=O)c4ccc(F)cc4Cl)c3)cc2c1=O. The fourth-order valence-corrected chi connectivity index (χ4v) is 5.72. The van der Waals surface area contributed by atoms with Crippen LogP contribution in [-0.4, -0.2) is 35.4 Å². The first-order chi connectivity index (χ1) is 18.5. The molecule has 1 unspecified atom stereocenters. The van der Waals surface area contributed by atoms with Crippen molar-refractivity contribution in [2.24, 2.45) is 5.92 Å². The lowest BCUT2D eigenvalue weighted by molar-refractivity contribution is -0.124. The number of anilines is 1. The smallest absolute Gasteiger partial charge is 0.263 e. The molecular weight excluding hydrogens is 545 g/mol. The minimum Gasteiger partial charge on any atom is -0.356 e. The Morgan fingerprint density at radius 2 is 1.87 bits per heavy atom. The summed E-state index contributed by atoms with van der Waals surface area (Å²) in [6.07, 6.45) is 3.45. The quantitative estimate of drug-likeness (QED) is 0.307. The molecule has 0 spiro atoms. The van der Waals surface area contributed by atoms with Crippen LogP contribution in [0.2, 0.25) is 5.02 Å². The van der Waals surface area contributed by atoms with Gasteiger partial charge in [0.15, 0.2) is 0 Å². The first-order valence-corrected chi connectivity index (χ1v) is 14.1. The molecule has 1 amide bonds. The Morgan fingerprint density at radius 3 is 2.56 bits per heavy atom. The number of hydrogen-bond donors (Lipinski definition) is 2. The zero-order chi connectivity index (χ0) is 28.3. The minimum absolute atomic E-state index is 0.155. The highest BCUT2D eigenvalue weighted by atomic mass is 35.5. The molecule has 2 aromatic heterocycles. The number of nitrogens with zero attached hydrogens (tertiary/aromatic N) is 3. The first kappa shape index (κ1) is 28.2. The summed E-state index contributed by atoms with van der Waals surface area (Å²) in [5, 5.41) is 2.84. The Bertz CT molecular complexity index is 1730. The van der Waals surface area contributed by atoms with Gasteiger partial charge in [0.25, 0.3) is 15.6 Å². The fraction of sp³-hybridized carbons (Fsp3) is 0.259. The predicted octanol–water partition coefficient (Wildman–Crippen LogP) is 4.39. The maximum absolute atomic E-state index is 13.5. The van der Waals surface area contributed by atoms with Gasteiger partial charge in [0.05, 0.1) is 39.6 Å². The maximum Gasteiger partial charge on any atom is 0.263 e. The zero-order valence-corrected chi connectivity index (χ0v) is 23.1. The average Bonchev–Trinajstić information content (AvgIpc) is 2.89. The molecule has 2 aromatic carbocycles. The summed E-state index contributed by atoms with van der Waals surface area (Å²) < 4.78 is 43.5. The lowest BCUT2D eigenvalue weighted by Gasteiger charge is -2.15. The number of nitrogens with one attached hydrogen (secondary N) is 2. The number of amides is 1. The number of rotatable bonds is 9. The second-order valence-corrected chi connectivity index (χ2v) is 11.0. The van der Waals surface area contributed by atoms with Gasteiger partial charge in [-0.3, -0.25) is 23.9 Å². The molecular formula is C27H27ClFN5O4S. The van der Waals surface area contributed by atoms with E-state index in [-0.39, 0.29) is 33.6 Å². The highest BCUT2D eigenvalue weighted by Crippen LogP contribution is 2.29. The van der Waals surface area contributed by atoms with Crippen LogP contribution in [0.4, 0.5) is 10.1 Å². The Labute approximate surface area is 230 Å². The second kappa shape index (κ2) is 11.5. The van der Waals surface area contributed by atoms with E-state index in [4.69, 9.17) is 11.6 Å². The molecule has 0 radical (unpaired) electrons. The van der Waals surface area contributed by atoms with Crippen LogP contribution in [0.25, 0.3) is 22.0 Å². The molecule has 4 aromatic rings. The zero-order valence-electron chi connectivity index (χ0n) is 21.5. The van der Waals surface area contributed by atoms with Crippen LogP contribution in [0.1, 0.15) is 26.5 Å². The van der Waals surface area contributed by atoms with E-state index < -0.39 is 21.8 Å². The highest BCUT2D eigenvalue weighted by Gasteiger charge is 2.21. The molecule has 12 heteroatoms. The first-order valence-electron chi connectivity index (χ1n) is 12.3. The number of sulfonamides is 1. The van der Waals surface area contributed by atoms with Crippen LogP contribution < -0.4 is 15.6 Å². The van der Waals surface area contributed by atoms with Gasteiger partial charge in [-0.15, -0.1) is 0 Å². The van der Waals surface area contributed by atoms with E-state index in [0.29, 0.717) is 40.7 Å². The molecule has 0 aliphatic carbocycles. The molecule has 39 heavy (non-hydrogen) atoms. The van der Waals surface area contributed by atoms with E-state index in [1.807, 2.05) is 13.8 Å². The summed E-state index contributed by atoms with van der Waals surface area (Å²) in [6, 6.07) is 9.77. The van der Waals surface area contributed by atoms with Crippen LogP contribution in [-0.2, 0) is 27.8 Å². The van der Waals surface area contributed by atoms with Gasteiger partial charge in [-0.1, -0.05) is 31.5 Å². The van der Waals surface area contributed by atoms with Crippen LogP contribution in [0.5, 0.6) is 0 Å². The van der Waals surface area contributed by atoms with E-state index in [9.17, 15) is 22.4 Å². The lowest BCUT2D eigenvalue weighted by Crippen LogP contribution is -2.34. The summed E-state index contributed by atoms with van der Waals surface area (Å²) in [7, 11) is -4.15. The number of aryl methyl sites for hydroxylation is 1. The van der Waals surface area contributed by atoms with Crippen molar-refractivity contribution in [2.45, 2.75) is 38.6 Å². The van der Waals surface area contributed by atoms with Crippen LogP contribution >= 0.6 is 11.6 Å². The molecule has 0 saturated heterocycles. The number of aromatic nitrogens is 3. The van der Waals surface area contributed by atoms with Crippen molar-refractivity contribution in [3.63, 3.8) is 0 Å². The molecule has 0 aliphatic heterocycles. The van der Waals surface area contributed by atoms with E-state index in [2.05, 4.69) is 20.0 Å². The topological polar surface area (TPSA) is 123 Å². The number of pyridine rings is 1. The molecule has 0 saturated carbocycles. The van der Waals surface area contributed by atoms with Crippen molar-refractivity contribution < 1.29 is 17.6 Å². The van der Waals surface area contributed by atoms with Gasteiger partial charge in [-0.05, 0) is 55.3 Å². The van der Waals surface area contributed by atoms with Crippen molar-refractivity contribution >= 4 is 44.1 Å². The summed E-state index contributed by atoms with van der Waals surface area (Å²) >= 11 is 5.99. The monoisotopic (exact) mass is 571 g/mol. The molecule has 4 rings (SSSR count). The number of benzene rings is 2. The Morgan fingerprint density at radius 1 is 1.10 bits per heavy atom. The number of halogens is 2. The molecule has 2 heterocycles. The standard InChI is InChI=1S/C27H27ClFN5O4S/c1-4-22-24(33-39(37,38)25-9-7-19(29)12-21(25)28)11-18(13-31-22)17-6-8-23-20(10-17)27(36)34(15-32-23)14-16(3)26(35)30-5-2/h6-13,15-16,33H,4-5,14H2,1-3H3,(H,30,35). The normalized spacial score (nSPS) is 12.3. The van der Waals surface area contributed by atoms with E-state index in [1.165, 1.54) is 10.9 Å². The van der Waals surface area contributed by atoms with Gasteiger partial charge in [0, 0.05) is 24.8 Å². The van der Waals surface area contributed by atoms with Gasteiger partial charge in [-0.2, -0.15) is 0 Å². The van der Waals surface area contributed by atoms with Gasteiger partial charge >= 0.3 is 0 Å². The van der Waals surface area contributed by atoms with Crippen LogP contribution in [0.15, 0.2) is 64.7 Å². The fourth-order valence-electron chi connectivity index (χ4n) is 4.11. The molecule has 0 bridgehead atoms. The summed E-state index contributed by atoms with van der Waals surface area (Å²) in [4.78, 5) is 33.9. The van der Waals surface area contributed by atoms with Crippen molar-refractivity contribution in [3.05, 3.63) is 81.9 Å². The van der Waals surface area contributed by atoms with Crippen LogP contribution in [0, 0.1) is 11.7 Å². The van der Waals surface area contributed by atoms with Crippen molar-refractivity contribution in [1.29, 1.82) is 0 Å². The molecule has 1 atom stereocenters. The third-order valence-corrected chi connectivity index (χ3v) is 8.01. The molecule has 0 aliphatic rings. The van der Waals surface area contributed by atoms with Crippen molar-refractivity contribution in [3.8, 4) is 11.1 Å². The third-order valence-electron chi connectivity index (χ3n) is 6.16. The van der Waals surface area contributed by atoms with Gasteiger partial charge in [0.1, 0.15) is 10.7 Å². The Kier molecular flexibility index (Phi) is 8.31. The van der Waals surface area contributed by atoms with Gasteiger partial charge in [-0.25, -0.2) is 17.8 Å². The highest BCUT2D eigenvalue weighted by molar-refractivity contribution is 7.92. The third kappa shape index (κ3) is 6.10. The molecule has 204 valence electrons.